The Kier molecular flexibility index (Phi) is 5.98. The summed E-state index contributed by atoms with van der Waals surface area (Å²) in [6.45, 7) is 4.11. The number of ether oxygens (including phenoxy) is 2. The zero-order chi connectivity index (χ0) is 19.3. The van der Waals surface area contributed by atoms with Crippen LogP contribution in [0, 0.1) is 5.92 Å². The maximum absolute atomic E-state index is 12.3. The van der Waals surface area contributed by atoms with Gasteiger partial charge in [-0.1, -0.05) is 23.7 Å². The molecule has 3 heterocycles. The molecule has 2 aliphatic heterocycles. The highest BCUT2D eigenvalue weighted by Crippen LogP contribution is 2.31. The first-order valence-electron chi connectivity index (χ1n) is 9.67. The number of pyridine rings is 1. The van der Waals surface area contributed by atoms with Crippen molar-refractivity contribution in [3.05, 3.63) is 53.3 Å². The number of fused-ring (bicyclic) bond motifs is 1. The van der Waals surface area contributed by atoms with E-state index < -0.39 is 0 Å². The van der Waals surface area contributed by atoms with Crippen LogP contribution in [0.4, 0.5) is 0 Å². The van der Waals surface area contributed by atoms with E-state index in [-0.39, 0.29) is 12.0 Å². The van der Waals surface area contributed by atoms with Crippen LogP contribution in [0.5, 0.6) is 11.5 Å². The lowest BCUT2D eigenvalue weighted by Gasteiger charge is -2.35. The number of halogens is 1. The van der Waals surface area contributed by atoms with Crippen molar-refractivity contribution in [2.75, 3.05) is 32.8 Å². The molecule has 1 amide bonds. The van der Waals surface area contributed by atoms with E-state index in [4.69, 9.17) is 21.1 Å². The van der Waals surface area contributed by atoms with Crippen molar-refractivity contribution >= 4 is 17.5 Å². The molecule has 1 atom stereocenters. The Hall–Kier alpha value is -2.31. The predicted octanol–water partition coefficient (Wildman–Crippen LogP) is 3.02. The van der Waals surface area contributed by atoms with Crippen molar-refractivity contribution < 1.29 is 14.3 Å². The van der Waals surface area contributed by atoms with E-state index in [9.17, 15) is 4.79 Å². The number of piperidine rings is 1. The number of likely N-dealkylation sites (tertiary alicyclic amines) is 1. The minimum atomic E-state index is -0.138. The number of hydrogen-bond donors (Lipinski definition) is 1. The van der Waals surface area contributed by atoms with Crippen LogP contribution >= 0.6 is 11.6 Å². The number of para-hydroxylation sites is 2. The first kappa shape index (κ1) is 19.0. The summed E-state index contributed by atoms with van der Waals surface area (Å²) in [7, 11) is 0. The molecule has 0 saturated carbocycles. The minimum Gasteiger partial charge on any atom is -0.486 e. The lowest BCUT2D eigenvalue weighted by atomic mass is 9.96. The van der Waals surface area contributed by atoms with Gasteiger partial charge >= 0.3 is 0 Å². The normalized spacial score (nSPS) is 20.0. The van der Waals surface area contributed by atoms with E-state index >= 15 is 0 Å². The van der Waals surface area contributed by atoms with E-state index in [1.807, 2.05) is 24.3 Å². The van der Waals surface area contributed by atoms with Crippen LogP contribution in [-0.2, 0) is 0 Å². The van der Waals surface area contributed by atoms with Gasteiger partial charge in [0.1, 0.15) is 12.7 Å². The molecule has 2 aromatic rings. The summed E-state index contributed by atoms with van der Waals surface area (Å²) in [5.74, 6) is 1.99. The zero-order valence-corrected chi connectivity index (χ0v) is 16.4. The largest absolute Gasteiger partial charge is 0.486 e. The minimum absolute atomic E-state index is 0.0555. The molecule has 4 rings (SSSR count). The second kappa shape index (κ2) is 8.80. The van der Waals surface area contributed by atoms with Crippen LogP contribution in [0.15, 0.2) is 42.7 Å². The number of rotatable bonds is 5. The summed E-state index contributed by atoms with van der Waals surface area (Å²) < 4.78 is 11.9. The number of nitrogens with zero attached hydrogens (tertiary/aromatic N) is 2. The molecule has 2 aliphatic rings. The van der Waals surface area contributed by atoms with E-state index in [1.54, 1.807) is 12.3 Å². The summed E-state index contributed by atoms with van der Waals surface area (Å²) in [4.78, 5) is 18.6. The Morgan fingerprint density at radius 3 is 2.79 bits per heavy atom. The number of hydrogen-bond acceptors (Lipinski definition) is 5. The monoisotopic (exact) mass is 401 g/mol. The Balaban J connectivity index is 1.20. The Morgan fingerprint density at radius 1 is 1.21 bits per heavy atom. The first-order chi connectivity index (χ1) is 13.7. The van der Waals surface area contributed by atoms with Gasteiger partial charge in [-0.2, -0.15) is 0 Å². The molecular formula is C21H24ClN3O3. The van der Waals surface area contributed by atoms with Crippen LogP contribution in [0.3, 0.4) is 0 Å². The smallest absolute Gasteiger partial charge is 0.252 e. The standard InChI is InChI=1S/C21H24ClN3O3/c22-18-12-23-8-5-17(18)21(26)24-11-15-6-9-25(10-7-15)13-16-14-27-19-3-1-2-4-20(19)28-16/h1-5,8,12,15-16H,6-7,9-11,13-14H2,(H,24,26). The summed E-state index contributed by atoms with van der Waals surface area (Å²) in [5, 5.41) is 3.38. The SMILES string of the molecule is O=C(NCC1CCN(CC2COc3ccccc3O2)CC1)c1ccncc1Cl. The average molecular weight is 402 g/mol. The Morgan fingerprint density at radius 2 is 2.00 bits per heavy atom. The maximum Gasteiger partial charge on any atom is 0.252 e. The first-order valence-corrected chi connectivity index (χ1v) is 10.1. The van der Waals surface area contributed by atoms with Gasteiger partial charge in [0.2, 0.25) is 0 Å². The molecule has 28 heavy (non-hydrogen) atoms. The fraction of sp³-hybridized carbons (Fsp3) is 0.429. The molecule has 1 aromatic carbocycles. The van der Waals surface area contributed by atoms with Crippen LogP contribution in [0.2, 0.25) is 5.02 Å². The summed E-state index contributed by atoms with van der Waals surface area (Å²) >= 11 is 6.03. The molecule has 1 aromatic heterocycles. The lowest BCUT2D eigenvalue weighted by molar-refractivity contribution is 0.0476. The van der Waals surface area contributed by atoms with Crippen molar-refractivity contribution in [2.45, 2.75) is 18.9 Å². The van der Waals surface area contributed by atoms with Crippen LogP contribution in [-0.4, -0.2) is 54.7 Å². The fourth-order valence-electron chi connectivity index (χ4n) is 3.71. The number of carbonyl (C=O) groups excluding carboxylic acids is 1. The lowest BCUT2D eigenvalue weighted by Crippen LogP contribution is -2.45. The van der Waals surface area contributed by atoms with Crippen LogP contribution in [0.1, 0.15) is 23.2 Å². The second-order valence-electron chi connectivity index (χ2n) is 7.31. The van der Waals surface area contributed by atoms with Gasteiger partial charge in [-0.15, -0.1) is 0 Å². The molecule has 1 saturated heterocycles. The maximum atomic E-state index is 12.3. The number of benzene rings is 1. The highest BCUT2D eigenvalue weighted by Gasteiger charge is 2.26. The van der Waals surface area contributed by atoms with Crippen molar-refractivity contribution in [3.8, 4) is 11.5 Å². The molecule has 148 valence electrons. The fourth-order valence-corrected chi connectivity index (χ4v) is 3.91. The van der Waals surface area contributed by atoms with Crippen LogP contribution in [0.25, 0.3) is 0 Å². The third kappa shape index (κ3) is 4.56. The summed E-state index contributed by atoms with van der Waals surface area (Å²) in [5.41, 5.74) is 0.476. The van der Waals surface area contributed by atoms with Crippen molar-refractivity contribution in [1.82, 2.24) is 15.2 Å². The van der Waals surface area contributed by atoms with Gasteiger partial charge in [0.15, 0.2) is 11.5 Å². The Bertz CT molecular complexity index is 824. The third-order valence-corrected chi connectivity index (χ3v) is 5.61. The highest BCUT2D eigenvalue weighted by atomic mass is 35.5. The Labute approximate surface area is 169 Å². The molecule has 0 radical (unpaired) electrons. The number of amides is 1. The molecule has 6 nitrogen and oxygen atoms in total. The van der Waals surface area contributed by atoms with Gasteiger partial charge in [0.25, 0.3) is 5.91 Å². The zero-order valence-electron chi connectivity index (χ0n) is 15.6. The van der Waals surface area contributed by atoms with E-state index in [0.717, 1.165) is 44.0 Å². The molecule has 1 fully saturated rings. The number of aromatic nitrogens is 1. The molecule has 0 spiro atoms. The average Bonchev–Trinajstić information content (AvgIpc) is 2.73. The summed E-state index contributed by atoms with van der Waals surface area (Å²) in [6.07, 6.45) is 5.22. The second-order valence-corrected chi connectivity index (χ2v) is 7.71. The van der Waals surface area contributed by atoms with Crippen molar-refractivity contribution in [3.63, 3.8) is 0 Å². The third-order valence-electron chi connectivity index (χ3n) is 5.30. The van der Waals surface area contributed by atoms with Gasteiger partial charge < -0.3 is 14.8 Å². The number of nitrogens with one attached hydrogen (secondary N) is 1. The van der Waals surface area contributed by atoms with Crippen molar-refractivity contribution in [1.29, 1.82) is 0 Å². The van der Waals surface area contributed by atoms with Gasteiger partial charge in [-0.3, -0.25) is 14.7 Å². The molecule has 7 heteroatoms. The quantitative estimate of drug-likeness (QED) is 0.834. The van der Waals surface area contributed by atoms with Gasteiger partial charge in [-0.05, 0) is 50.0 Å². The number of carbonyl (C=O) groups is 1. The molecule has 0 bridgehead atoms. The molecule has 1 unspecified atom stereocenters. The summed E-state index contributed by atoms with van der Waals surface area (Å²) in [6, 6.07) is 9.44. The molecule has 0 aliphatic carbocycles. The topological polar surface area (TPSA) is 63.7 Å². The van der Waals surface area contributed by atoms with Gasteiger partial charge in [-0.25, -0.2) is 0 Å². The van der Waals surface area contributed by atoms with E-state index in [2.05, 4.69) is 15.2 Å². The molecular weight excluding hydrogens is 378 g/mol. The van der Waals surface area contributed by atoms with Gasteiger partial charge in [0.05, 0.1) is 10.6 Å². The van der Waals surface area contributed by atoms with Gasteiger partial charge in [0, 0.05) is 25.5 Å². The van der Waals surface area contributed by atoms with E-state index in [0.29, 0.717) is 29.7 Å². The van der Waals surface area contributed by atoms with Crippen molar-refractivity contribution in [2.24, 2.45) is 5.92 Å². The van der Waals surface area contributed by atoms with E-state index in [1.165, 1.54) is 6.20 Å². The molecule has 1 N–H and O–H groups in total. The highest BCUT2D eigenvalue weighted by molar-refractivity contribution is 6.33. The van der Waals surface area contributed by atoms with Crippen LogP contribution < -0.4 is 14.8 Å². The predicted molar refractivity (Wildman–Crippen MR) is 107 cm³/mol.